The van der Waals surface area contributed by atoms with Gasteiger partial charge in [0.1, 0.15) is 0 Å². The predicted molar refractivity (Wildman–Crippen MR) is 72.9 cm³/mol. The molecule has 0 bridgehead atoms. The van der Waals surface area contributed by atoms with Gasteiger partial charge in [-0.25, -0.2) is 4.79 Å². The Hall–Kier alpha value is -1.26. The normalized spacial score (nSPS) is 13.2. The third-order valence-electron chi connectivity index (χ3n) is 2.73. The van der Waals surface area contributed by atoms with Crippen LogP contribution < -0.4 is 5.73 Å². The lowest BCUT2D eigenvalue weighted by molar-refractivity contribution is 0.0721. The van der Waals surface area contributed by atoms with E-state index in [-0.39, 0.29) is 6.54 Å². The minimum absolute atomic E-state index is 0.188. The van der Waals surface area contributed by atoms with Crippen LogP contribution in [0.25, 0.3) is 0 Å². The molecule has 0 saturated heterocycles. The molecule has 5 heteroatoms. The number of carboxylic acid groups (broad SMARTS) is 1. The van der Waals surface area contributed by atoms with E-state index in [0.717, 1.165) is 5.56 Å². The summed E-state index contributed by atoms with van der Waals surface area (Å²) in [4.78, 5) is 12.8. The van der Waals surface area contributed by atoms with E-state index in [0.29, 0.717) is 5.02 Å². The third-order valence-corrected chi connectivity index (χ3v) is 3.07. The fourth-order valence-corrected chi connectivity index (χ4v) is 2.27. The monoisotopic (exact) mass is 270 g/mol. The Kier molecular flexibility index (Phi) is 4.59. The van der Waals surface area contributed by atoms with Gasteiger partial charge in [0.25, 0.3) is 0 Å². The molecule has 0 fully saturated rings. The van der Waals surface area contributed by atoms with Gasteiger partial charge in [0, 0.05) is 17.1 Å². The fourth-order valence-electron chi connectivity index (χ4n) is 2.00. The third kappa shape index (κ3) is 3.15. The van der Waals surface area contributed by atoms with Crippen molar-refractivity contribution in [1.82, 2.24) is 4.90 Å². The van der Waals surface area contributed by atoms with Crippen molar-refractivity contribution in [3.8, 4) is 0 Å². The first-order chi connectivity index (χ1) is 8.29. The highest BCUT2D eigenvalue weighted by Crippen LogP contribution is 2.31. The lowest BCUT2D eigenvalue weighted by atomic mass is 9.98. The zero-order valence-electron chi connectivity index (χ0n) is 10.9. The van der Waals surface area contributed by atoms with Crippen LogP contribution >= 0.6 is 11.6 Å². The lowest BCUT2D eigenvalue weighted by Crippen LogP contribution is -2.49. The molecule has 1 aromatic carbocycles. The first-order valence-corrected chi connectivity index (χ1v) is 6.13. The average molecular weight is 271 g/mol. The van der Waals surface area contributed by atoms with Crippen molar-refractivity contribution < 1.29 is 9.90 Å². The molecule has 1 amide bonds. The molecule has 0 aromatic heterocycles. The minimum atomic E-state index is -1.00. The second-order valence-electron chi connectivity index (χ2n) is 5.10. The second-order valence-corrected chi connectivity index (χ2v) is 5.50. The van der Waals surface area contributed by atoms with Crippen LogP contribution in [0.2, 0.25) is 5.02 Å². The Morgan fingerprint density at radius 3 is 2.39 bits per heavy atom. The molecule has 0 heterocycles. The minimum Gasteiger partial charge on any atom is -0.465 e. The van der Waals surface area contributed by atoms with E-state index in [4.69, 9.17) is 17.3 Å². The number of halogens is 1. The summed E-state index contributed by atoms with van der Waals surface area (Å²) in [7, 11) is 0. The summed E-state index contributed by atoms with van der Waals surface area (Å²) in [5.74, 6) is 0. The molecule has 0 aliphatic carbocycles. The molecule has 0 aliphatic heterocycles. The van der Waals surface area contributed by atoms with E-state index >= 15 is 0 Å². The van der Waals surface area contributed by atoms with Crippen LogP contribution in [0.3, 0.4) is 0 Å². The zero-order valence-corrected chi connectivity index (χ0v) is 11.6. The van der Waals surface area contributed by atoms with Crippen molar-refractivity contribution >= 4 is 17.7 Å². The first kappa shape index (κ1) is 14.8. The number of hydrogen-bond acceptors (Lipinski definition) is 2. The molecule has 1 unspecified atom stereocenters. The average Bonchev–Trinajstić information content (AvgIpc) is 2.24. The molecular formula is C13H19ClN2O2. The molecule has 0 saturated carbocycles. The molecule has 0 aliphatic rings. The molecule has 3 N–H and O–H groups in total. The number of nitrogens with two attached hydrogens (primary N) is 1. The van der Waals surface area contributed by atoms with Gasteiger partial charge in [-0.05, 0) is 32.4 Å². The van der Waals surface area contributed by atoms with Crippen molar-refractivity contribution in [2.75, 3.05) is 6.54 Å². The summed E-state index contributed by atoms with van der Waals surface area (Å²) < 4.78 is 0. The van der Waals surface area contributed by atoms with E-state index in [1.54, 1.807) is 6.07 Å². The number of benzene rings is 1. The van der Waals surface area contributed by atoms with E-state index < -0.39 is 17.7 Å². The molecule has 18 heavy (non-hydrogen) atoms. The van der Waals surface area contributed by atoms with Crippen LogP contribution in [-0.4, -0.2) is 28.2 Å². The molecular weight excluding hydrogens is 252 g/mol. The molecule has 1 aromatic rings. The van der Waals surface area contributed by atoms with Crippen LogP contribution in [0.15, 0.2) is 24.3 Å². The summed E-state index contributed by atoms with van der Waals surface area (Å²) >= 11 is 6.12. The number of amides is 1. The zero-order chi connectivity index (χ0) is 13.9. The van der Waals surface area contributed by atoms with Gasteiger partial charge in [-0.15, -0.1) is 0 Å². The molecule has 1 atom stereocenters. The molecule has 1 rings (SSSR count). The highest BCUT2D eigenvalue weighted by atomic mass is 35.5. The SMILES string of the molecule is CC(C)(C)N(C(=O)O)C(CN)c1ccccc1Cl. The number of rotatable bonds is 3. The van der Waals surface area contributed by atoms with Crippen molar-refractivity contribution in [3.63, 3.8) is 0 Å². The highest BCUT2D eigenvalue weighted by molar-refractivity contribution is 6.31. The fraction of sp³-hybridized carbons (Fsp3) is 0.462. The van der Waals surface area contributed by atoms with Gasteiger partial charge in [0.2, 0.25) is 0 Å². The summed E-state index contributed by atoms with van der Waals surface area (Å²) in [6.45, 7) is 5.69. The van der Waals surface area contributed by atoms with E-state index in [9.17, 15) is 9.90 Å². The van der Waals surface area contributed by atoms with Gasteiger partial charge in [0.15, 0.2) is 0 Å². The maximum Gasteiger partial charge on any atom is 0.408 e. The van der Waals surface area contributed by atoms with E-state index in [1.165, 1.54) is 4.90 Å². The lowest BCUT2D eigenvalue weighted by Gasteiger charge is -2.39. The van der Waals surface area contributed by atoms with Crippen LogP contribution in [0.4, 0.5) is 4.79 Å². The largest absolute Gasteiger partial charge is 0.465 e. The van der Waals surface area contributed by atoms with Crippen molar-refractivity contribution in [2.24, 2.45) is 5.73 Å². The Balaban J connectivity index is 3.24. The molecule has 0 spiro atoms. The van der Waals surface area contributed by atoms with Crippen molar-refractivity contribution in [1.29, 1.82) is 0 Å². The van der Waals surface area contributed by atoms with Crippen LogP contribution in [-0.2, 0) is 0 Å². The van der Waals surface area contributed by atoms with Crippen LogP contribution in [0, 0.1) is 0 Å². The smallest absolute Gasteiger partial charge is 0.408 e. The first-order valence-electron chi connectivity index (χ1n) is 5.75. The van der Waals surface area contributed by atoms with Gasteiger partial charge >= 0.3 is 6.09 Å². The van der Waals surface area contributed by atoms with Crippen molar-refractivity contribution in [2.45, 2.75) is 32.4 Å². The van der Waals surface area contributed by atoms with Gasteiger partial charge in [-0.2, -0.15) is 0 Å². The summed E-state index contributed by atoms with van der Waals surface area (Å²) in [5.41, 5.74) is 5.93. The maximum absolute atomic E-state index is 11.5. The topological polar surface area (TPSA) is 66.6 Å². The van der Waals surface area contributed by atoms with Gasteiger partial charge < -0.3 is 10.8 Å². The summed E-state index contributed by atoms with van der Waals surface area (Å²) in [6, 6.07) is 6.73. The summed E-state index contributed by atoms with van der Waals surface area (Å²) in [6.07, 6.45) is -1.00. The second kappa shape index (κ2) is 5.59. The number of nitrogens with zero attached hydrogens (tertiary/aromatic N) is 1. The Bertz CT molecular complexity index is 429. The van der Waals surface area contributed by atoms with Gasteiger partial charge in [-0.1, -0.05) is 29.8 Å². The number of hydrogen-bond donors (Lipinski definition) is 2. The molecule has 0 radical (unpaired) electrons. The van der Waals surface area contributed by atoms with Gasteiger partial charge in [-0.3, -0.25) is 4.90 Å². The Labute approximate surface area is 112 Å². The van der Waals surface area contributed by atoms with Crippen molar-refractivity contribution in [3.05, 3.63) is 34.9 Å². The Morgan fingerprint density at radius 1 is 1.44 bits per heavy atom. The van der Waals surface area contributed by atoms with Gasteiger partial charge in [0.05, 0.1) is 6.04 Å². The predicted octanol–water partition coefficient (Wildman–Crippen LogP) is 3.12. The van der Waals surface area contributed by atoms with E-state index in [2.05, 4.69) is 0 Å². The quantitative estimate of drug-likeness (QED) is 0.887. The summed E-state index contributed by atoms with van der Waals surface area (Å²) in [5, 5.41) is 9.92. The molecule has 4 nitrogen and oxygen atoms in total. The van der Waals surface area contributed by atoms with Crippen LogP contribution in [0.5, 0.6) is 0 Å². The standard InChI is InChI=1S/C13H19ClN2O2/c1-13(2,3)16(12(17)18)11(8-15)9-6-4-5-7-10(9)14/h4-7,11H,8,15H2,1-3H3,(H,17,18). The van der Waals surface area contributed by atoms with Crippen LogP contribution in [0.1, 0.15) is 32.4 Å². The van der Waals surface area contributed by atoms with E-state index in [1.807, 2.05) is 39.0 Å². The highest BCUT2D eigenvalue weighted by Gasteiger charge is 2.34. The molecule has 100 valence electrons. The Morgan fingerprint density at radius 2 is 2.00 bits per heavy atom. The number of carbonyl (C=O) groups is 1. The maximum atomic E-state index is 11.5.